The van der Waals surface area contributed by atoms with E-state index < -0.39 is 67.0 Å². The van der Waals surface area contributed by atoms with Crippen LogP contribution in [0.1, 0.15) is 22.5 Å². The van der Waals surface area contributed by atoms with Gasteiger partial charge in [-0.15, -0.1) is 0 Å². The minimum Gasteiger partial charge on any atom is -0.483 e. The predicted molar refractivity (Wildman–Crippen MR) is 105 cm³/mol. The molecule has 1 unspecified atom stereocenters. The Morgan fingerprint density at radius 2 is 1.91 bits per heavy atom. The van der Waals surface area contributed by atoms with E-state index in [0.29, 0.717) is 0 Å². The Hall–Kier alpha value is -3.65. The van der Waals surface area contributed by atoms with Crippen LogP contribution in [0.15, 0.2) is 41.5 Å². The molecule has 2 heterocycles. The van der Waals surface area contributed by atoms with Crippen LogP contribution in [0, 0.1) is 5.82 Å². The maximum Gasteiger partial charge on any atom is 0.425 e. The molecule has 0 bridgehead atoms. The zero-order valence-corrected chi connectivity index (χ0v) is 17.4. The van der Waals surface area contributed by atoms with E-state index in [9.17, 15) is 39.9 Å². The van der Waals surface area contributed by atoms with Gasteiger partial charge in [0.2, 0.25) is 0 Å². The number of aromatic nitrogens is 1. The van der Waals surface area contributed by atoms with Crippen LogP contribution in [-0.4, -0.2) is 48.7 Å². The third-order valence-corrected chi connectivity index (χ3v) is 4.79. The number of ether oxygens (including phenoxy) is 2. The molecule has 0 radical (unpaired) electrons. The molecule has 0 spiro atoms. The largest absolute Gasteiger partial charge is 0.483 e. The molecule has 1 aromatic carbocycles. The molecule has 1 amide bonds. The van der Waals surface area contributed by atoms with Crippen LogP contribution in [0.25, 0.3) is 0 Å². The van der Waals surface area contributed by atoms with Crippen molar-refractivity contribution >= 4 is 17.6 Å². The second kappa shape index (κ2) is 9.54. The fraction of sp³-hybridized carbons (Fsp3) is 0.350. The summed E-state index contributed by atoms with van der Waals surface area (Å²) in [5, 5.41) is 2.29. The van der Waals surface area contributed by atoms with Crippen molar-refractivity contribution in [2.24, 2.45) is 10.7 Å². The lowest BCUT2D eigenvalue weighted by Gasteiger charge is -2.36. The van der Waals surface area contributed by atoms with Gasteiger partial charge in [0.05, 0.1) is 6.20 Å². The molecular formula is C20H16F8N4O3. The Morgan fingerprint density at radius 1 is 1.20 bits per heavy atom. The first-order valence-electron chi connectivity index (χ1n) is 9.64. The highest BCUT2D eigenvalue weighted by Crippen LogP contribution is 2.42. The van der Waals surface area contributed by atoms with Gasteiger partial charge in [0.25, 0.3) is 11.9 Å². The van der Waals surface area contributed by atoms with Crippen molar-refractivity contribution in [2.75, 3.05) is 18.6 Å². The van der Waals surface area contributed by atoms with Gasteiger partial charge in [-0.05, 0) is 30.3 Å². The molecule has 3 rings (SSSR count). The van der Waals surface area contributed by atoms with E-state index >= 15 is 0 Å². The summed E-state index contributed by atoms with van der Waals surface area (Å²) < 4.78 is 114. The number of hydrogen-bond donors (Lipinski definition) is 2. The highest BCUT2D eigenvalue weighted by molar-refractivity contribution is 6.02. The number of carbonyl (C=O) groups is 1. The molecule has 1 aromatic heterocycles. The number of halogens is 8. The average molecular weight is 512 g/mol. The van der Waals surface area contributed by atoms with Gasteiger partial charge in [0.1, 0.15) is 29.5 Å². The van der Waals surface area contributed by atoms with Crippen molar-refractivity contribution in [1.29, 1.82) is 0 Å². The van der Waals surface area contributed by atoms with Gasteiger partial charge in [0.15, 0.2) is 12.7 Å². The summed E-state index contributed by atoms with van der Waals surface area (Å²) in [6.45, 7) is -3.12. The molecule has 1 aliphatic heterocycles. The van der Waals surface area contributed by atoms with Gasteiger partial charge in [-0.3, -0.25) is 4.79 Å². The maximum absolute atomic E-state index is 14.6. The molecule has 15 heteroatoms. The van der Waals surface area contributed by atoms with Gasteiger partial charge in [0, 0.05) is 17.7 Å². The normalized spacial score (nSPS) is 20.6. The number of benzene rings is 1. The predicted octanol–water partition coefficient (Wildman–Crippen LogP) is 4.24. The number of carbonyl (C=O) groups excluding carboxylic acids is 1. The van der Waals surface area contributed by atoms with E-state index in [1.54, 1.807) is 0 Å². The average Bonchev–Trinajstić information content (AvgIpc) is 2.77. The summed E-state index contributed by atoms with van der Waals surface area (Å²) in [7, 11) is 0. The lowest BCUT2D eigenvalue weighted by atomic mass is 9.84. The number of nitrogens with two attached hydrogens (primary N) is 1. The smallest absolute Gasteiger partial charge is 0.425 e. The van der Waals surface area contributed by atoms with Crippen LogP contribution in [0.3, 0.4) is 0 Å². The third-order valence-electron chi connectivity index (χ3n) is 4.79. The maximum atomic E-state index is 14.6. The minimum atomic E-state index is -4.94. The number of nitrogens with one attached hydrogen (secondary N) is 1. The lowest BCUT2D eigenvalue weighted by molar-refractivity contribution is -0.209. The van der Waals surface area contributed by atoms with Crippen LogP contribution >= 0.6 is 0 Å². The number of nitrogens with zero attached hydrogens (tertiary/aromatic N) is 2. The second-order valence-electron chi connectivity index (χ2n) is 7.40. The van der Waals surface area contributed by atoms with Crippen molar-refractivity contribution in [1.82, 2.24) is 4.98 Å². The number of rotatable bonds is 6. The van der Waals surface area contributed by atoms with Crippen LogP contribution < -0.4 is 15.8 Å². The summed E-state index contributed by atoms with van der Waals surface area (Å²) in [6.07, 6.45) is -12.3. The standard InChI is InChI=1S/C20H16F8N4O3/c21-8-18(6-15(20(26,27)28)35-17(29)32-18)12-5-10(1-3-13(12)22)31-16(33)14-4-2-11(7-30-14)34-9-19(23,24)25/h1-5,7,15H,6,8-9H2,(H2,29,32)(H,31,33)/t15?,18-/m1/s1. The topological polar surface area (TPSA) is 98.8 Å². The summed E-state index contributed by atoms with van der Waals surface area (Å²) in [5.41, 5.74) is 1.89. The fourth-order valence-corrected chi connectivity index (χ4v) is 3.21. The summed E-state index contributed by atoms with van der Waals surface area (Å²) in [4.78, 5) is 19.7. The Kier molecular flexibility index (Phi) is 7.08. The van der Waals surface area contributed by atoms with E-state index in [1.807, 2.05) is 0 Å². The number of alkyl halides is 7. The third kappa shape index (κ3) is 6.27. The Labute approximate surface area is 191 Å². The van der Waals surface area contributed by atoms with Gasteiger partial charge in [-0.1, -0.05) is 0 Å². The first-order valence-corrected chi connectivity index (χ1v) is 9.64. The van der Waals surface area contributed by atoms with Gasteiger partial charge < -0.3 is 20.5 Å². The minimum absolute atomic E-state index is 0.151. The molecule has 35 heavy (non-hydrogen) atoms. The van der Waals surface area contributed by atoms with Gasteiger partial charge in [-0.2, -0.15) is 26.3 Å². The van der Waals surface area contributed by atoms with E-state index in [4.69, 9.17) is 5.73 Å². The van der Waals surface area contributed by atoms with Crippen molar-refractivity contribution in [3.63, 3.8) is 0 Å². The Balaban J connectivity index is 1.83. The molecule has 0 fully saturated rings. The number of amides is 1. The highest BCUT2D eigenvalue weighted by Gasteiger charge is 2.52. The molecule has 2 aromatic rings. The van der Waals surface area contributed by atoms with Crippen molar-refractivity contribution in [2.45, 2.75) is 30.4 Å². The summed E-state index contributed by atoms with van der Waals surface area (Å²) in [6, 6.07) is 3.85. The molecular weight excluding hydrogens is 496 g/mol. The molecule has 2 atom stereocenters. The number of amidine groups is 1. The molecule has 0 saturated heterocycles. The SMILES string of the molecule is NC1=N[C@](CF)(c2cc(NC(=O)c3ccc(OCC(F)(F)F)cn3)ccc2F)CC(C(F)(F)F)O1. The Bertz CT molecular complexity index is 1110. The van der Waals surface area contributed by atoms with Gasteiger partial charge >= 0.3 is 12.4 Å². The van der Waals surface area contributed by atoms with Crippen molar-refractivity contribution in [3.05, 3.63) is 53.6 Å². The molecule has 0 aliphatic carbocycles. The van der Waals surface area contributed by atoms with Crippen molar-refractivity contribution in [3.8, 4) is 5.75 Å². The van der Waals surface area contributed by atoms with E-state index in [2.05, 4.69) is 24.8 Å². The van der Waals surface area contributed by atoms with E-state index in [0.717, 1.165) is 36.5 Å². The summed E-state index contributed by atoms with van der Waals surface area (Å²) >= 11 is 0. The van der Waals surface area contributed by atoms with Crippen LogP contribution in [0.4, 0.5) is 40.8 Å². The Morgan fingerprint density at radius 3 is 2.49 bits per heavy atom. The zero-order chi connectivity index (χ0) is 26.0. The number of aliphatic imine (C=N–C) groups is 1. The molecule has 3 N–H and O–H groups in total. The van der Waals surface area contributed by atoms with Crippen LogP contribution in [0.5, 0.6) is 5.75 Å². The molecule has 7 nitrogen and oxygen atoms in total. The van der Waals surface area contributed by atoms with E-state index in [1.165, 1.54) is 0 Å². The molecule has 1 aliphatic rings. The first-order chi connectivity index (χ1) is 16.2. The van der Waals surface area contributed by atoms with Crippen LogP contribution in [-0.2, 0) is 10.3 Å². The first kappa shape index (κ1) is 26.0. The number of anilines is 1. The summed E-state index contributed by atoms with van der Waals surface area (Å²) in [5.74, 6) is -2.27. The van der Waals surface area contributed by atoms with E-state index in [-0.39, 0.29) is 17.1 Å². The molecule has 0 saturated carbocycles. The lowest BCUT2D eigenvalue weighted by Crippen LogP contribution is -2.48. The fourth-order valence-electron chi connectivity index (χ4n) is 3.21. The monoisotopic (exact) mass is 512 g/mol. The quantitative estimate of drug-likeness (QED) is 0.565. The molecule has 190 valence electrons. The highest BCUT2D eigenvalue weighted by atomic mass is 19.4. The number of hydrogen-bond acceptors (Lipinski definition) is 6. The second-order valence-corrected chi connectivity index (χ2v) is 7.40. The zero-order valence-electron chi connectivity index (χ0n) is 17.4. The van der Waals surface area contributed by atoms with Crippen LogP contribution in [0.2, 0.25) is 0 Å². The number of pyridine rings is 1. The van der Waals surface area contributed by atoms with Gasteiger partial charge in [-0.25, -0.2) is 18.8 Å². The van der Waals surface area contributed by atoms with Crippen molar-refractivity contribution < 1.29 is 49.4 Å².